The standard InChI is InChI=1S/C17H24F2N2O4S/c18-17(19)8-6-12(7-9-17)21-14-11-25-15(16(14)22)10-20-26(23,24)13-4-2-1-3-5-13/h1-5,12,14-16,20-22H,6-11H2. The SMILES string of the molecule is O=S(=O)(NCC1OCC(NC2CCC(F)(F)CC2)C1O)c1ccccc1. The largest absolute Gasteiger partial charge is 0.389 e. The molecule has 3 N–H and O–H groups in total. The summed E-state index contributed by atoms with van der Waals surface area (Å²) in [6.07, 6.45) is -1.21. The lowest BCUT2D eigenvalue weighted by molar-refractivity contribution is -0.0421. The molecule has 3 atom stereocenters. The third-order valence-electron chi connectivity index (χ3n) is 4.98. The van der Waals surface area contributed by atoms with Crippen molar-refractivity contribution >= 4 is 10.0 Å². The van der Waals surface area contributed by atoms with Crippen LogP contribution in [0, 0.1) is 0 Å². The van der Waals surface area contributed by atoms with Crippen LogP contribution < -0.4 is 10.0 Å². The highest BCUT2D eigenvalue weighted by Gasteiger charge is 2.40. The number of alkyl halides is 2. The molecule has 9 heteroatoms. The highest BCUT2D eigenvalue weighted by molar-refractivity contribution is 7.89. The molecule has 26 heavy (non-hydrogen) atoms. The summed E-state index contributed by atoms with van der Waals surface area (Å²) >= 11 is 0. The van der Waals surface area contributed by atoms with Crippen LogP contribution in [0.15, 0.2) is 35.2 Å². The van der Waals surface area contributed by atoms with E-state index >= 15 is 0 Å². The predicted octanol–water partition coefficient (Wildman–Crippen LogP) is 1.26. The highest BCUT2D eigenvalue weighted by Crippen LogP contribution is 2.33. The maximum Gasteiger partial charge on any atom is 0.248 e. The Balaban J connectivity index is 1.49. The van der Waals surface area contributed by atoms with E-state index in [1.165, 1.54) is 12.1 Å². The summed E-state index contributed by atoms with van der Waals surface area (Å²) in [4.78, 5) is 0.144. The molecule has 146 valence electrons. The molecular formula is C17H24F2N2O4S. The number of ether oxygens (including phenoxy) is 1. The Morgan fingerprint density at radius 1 is 1.19 bits per heavy atom. The van der Waals surface area contributed by atoms with Crippen LogP contribution in [0.3, 0.4) is 0 Å². The number of rotatable bonds is 6. The molecule has 3 unspecified atom stereocenters. The number of sulfonamides is 1. The number of aliphatic hydroxyl groups excluding tert-OH is 1. The maximum absolute atomic E-state index is 13.2. The lowest BCUT2D eigenvalue weighted by Gasteiger charge is -2.31. The Hall–Kier alpha value is -1.13. The third-order valence-corrected chi connectivity index (χ3v) is 6.42. The molecule has 0 amide bonds. The van der Waals surface area contributed by atoms with Gasteiger partial charge in [0.15, 0.2) is 0 Å². The van der Waals surface area contributed by atoms with Crippen molar-refractivity contribution in [3.63, 3.8) is 0 Å². The van der Waals surface area contributed by atoms with Gasteiger partial charge in [0.2, 0.25) is 15.9 Å². The average molecular weight is 390 g/mol. The minimum atomic E-state index is -3.67. The van der Waals surface area contributed by atoms with Crippen LogP contribution in [0.2, 0.25) is 0 Å². The second-order valence-corrected chi connectivity index (χ2v) is 8.70. The Bertz CT molecular complexity index is 692. The van der Waals surface area contributed by atoms with E-state index in [2.05, 4.69) is 10.0 Å². The number of hydrogen-bond donors (Lipinski definition) is 3. The van der Waals surface area contributed by atoms with E-state index in [1.54, 1.807) is 18.2 Å². The Morgan fingerprint density at radius 3 is 2.50 bits per heavy atom. The van der Waals surface area contributed by atoms with Crippen LogP contribution in [-0.4, -0.2) is 56.9 Å². The number of benzene rings is 1. The molecule has 1 saturated carbocycles. The van der Waals surface area contributed by atoms with Gasteiger partial charge in [-0.3, -0.25) is 0 Å². The fourth-order valence-corrected chi connectivity index (χ4v) is 4.46. The van der Waals surface area contributed by atoms with Crippen molar-refractivity contribution in [2.24, 2.45) is 0 Å². The zero-order valence-electron chi connectivity index (χ0n) is 14.3. The molecule has 6 nitrogen and oxygen atoms in total. The van der Waals surface area contributed by atoms with E-state index in [4.69, 9.17) is 4.74 Å². The van der Waals surface area contributed by atoms with Crippen LogP contribution >= 0.6 is 0 Å². The zero-order chi connectivity index (χ0) is 18.8. The van der Waals surface area contributed by atoms with Gasteiger partial charge in [-0.05, 0) is 25.0 Å². The molecule has 2 fully saturated rings. The minimum absolute atomic E-state index is 0.0562. The predicted molar refractivity (Wildman–Crippen MR) is 91.5 cm³/mol. The molecule has 1 aromatic carbocycles. The Labute approximate surface area is 152 Å². The molecule has 0 bridgehead atoms. The van der Waals surface area contributed by atoms with Gasteiger partial charge >= 0.3 is 0 Å². The second kappa shape index (κ2) is 7.85. The molecule has 1 saturated heterocycles. The smallest absolute Gasteiger partial charge is 0.248 e. The van der Waals surface area contributed by atoms with Gasteiger partial charge in [0.05, 0.1) is 29.8 Å². The van der Waals surface area contributed by atoms with Gasteiger partial charge in [-0.1, -0.05) is 18.2 Å². The first-order chi connectivity index (χ1) is 12.3. The minimum Gasteiger partial charge on any atom is -0.389 e. The summed E-state index contributed by atoms with van der Waals surface area (Å²) in [6.45, 7) is 0.158. The molecule has 1 heterocycles. The lowest BCUT2D eigenvalue weighted by Crippen LogP contribution is -2.49. The topological polar surface area (TPSA) is 87.7 Å². The summed E-state index contributed by atoms with van der Waals surface area (Å²) < 4.78 is 58.8. The van der Waals surface area contributed by atoms with Gasteiger partial charge in [-0.15, -0.1) is 0 Å². The van der Waals surface area contributed by atoms with Crippen molar-refractivity contribution in [2.75, 3.05) is 13.2 Å². The molecule has 1 aromatic rings. The average Bonchev–Trinajstić information content (AvgIpc) is 2.96. The zero-order valence-corrected chi connectivity index (χ0v) is 15.1. The lowest BCUT2D eigenvalue weighted by atomic mass is 9.91. The molecule has 3 rings (SSSR count). The van der Waals surface area contributed by atoms with Crippen molar-refractivity contribution < 1.29 is 27.0 Å². The summed E-state index contributed by atoms with van der Waals surface area (Å²) in [6, 6.07) is 7.47. The van der Waals surface area contributed by atoms with Gasteiger partial charge in [0.25, 0.3) is 0 Å². The Morgan fingerprint density at radius 2 is 1.85 bits per heavy atom. The van der Waals surface area contributed by atoms with Crippen LogP contribution in [-0.2, 0) is 14.8 Å². The molecule has 1 aliphatic heterocycles. The fourth-order valence-electron chi connectivity index (χ4n) is 3.39. The van der Waals surface area contributed by atoms with Gasteiger partial charge in [0, 0.05) is 25.4 Å². The van der Waals surface area contributed by atoms with Gasteiger partial charge in [0.1, 0.15) is 0 Å². The summed E-state index contributed by atoms with van der Waals surface area (Å²) in [5.41, 5.74) is 0. The Kier molecular flexibility index (Phi) is 5.93. The van der Waals surface area contributed by atoms with E-state index in [-0.39, 0.29) is 36.9 Å². The monoisotopic (exact) mass is 390 g/mol. The van der Waals surface area contributed by atoms with Crippen molar-refractivity contribution in [1.29, 1.82) is 0 Å². The van der Waals surface area contributed by atoms with E-state index < -0.39 is 34.2 Å². The van der Waals surface area contributed by atoms with Crippen LogP contribution in [0.5, 0.6) is 0 Å². The molecule has 1 aliphatic carbocycles. The number of nitrogens with one attached hydrogen (secondary N) is 2. The van der Waals surface area contributed by atoms with Crippen molar-refractivity contribution in [3.05, 3.63) is 30.3 Å². The van der Waals surface area contributed by atoms with Crippen LogP contribution in [0.1, 0.15) is 25.7 Å². The van der Waals surface area contributed by atoms with Gasteiger partial charge in [-0.2, -0.15) is 0 Å². The van der Waals surface area contributed by atoms with Crippen molar-refractivity contribution in [3.8, 4) is 0 Å². The first-order valence-corrected chi connectivity index (χ1v) is 10.2. The van der Waals surface area contributed by atoms with Gasteiger partial charge < -0.3 is 15.2 Å². The molecule has 0 aromatic heterocycles. The van der Waals surface area contributed by atoms with Crippen LogP contribution in [0.25, 0.3) is 0 Å². The van der Waals surface area contributed by atoms with Crippen molar-refractivity contribution in [1.82, 2.24) is 10.0 Å². The third kappa shape index (κ3) is 4.77. The summed E-state index contributed by atoms with van der Waals surface area (Å²) in [7, 11) is -3.67. The van der Waals surface area contributed by atoms with E-state index in [0.29, 0.717) is 12.8 Å². The van der Waals surface area contributed by atoms with Gasteiger partial charge in [-0.25, -0.2) is 21.9 Å². The number of aliphatic hydroxyl groups is 1. The molecule has 0 radical (unpaired) electrons. The number of hydrogen-bond acceptors (Lipinski definition) is 5. The van der Waals surface area contributed by atoms with E-state index in [9.17, 15) is 22.3 Å². The second-order valence-electron chi connectivity index (χ2n) is 6.93. The number of halogens is 2. The normalized spacial score (nSPS) is 29.7. The van der Waals surface area contributed by atoms with E-state index in [1.807, 2.05) is 0 Å². The van der Waals surface area contributed by atoms with Crippen LogP contribution in [0.4, 0.5) is 8.78 Å². The molecular weight excluding hydrogens is 366 g/mol. The highest BCUT2D eigenvalue weighted by atomic mass is 32.2. The maximum atomic E-state index is 13.2. The van der Waals surface area contributed by atoms with Crippen molar-refractivity contribution in [2.45, 2.75) is 60.8 Å². The van der Waals surface area contributed by atoms with E-state index in [0.717, 1.165) is 0 Å². The quantitative estimate of drug-likeness (QED) is 0.681. The first-order valence-electron chi connectivity index (χ1n) is 8.75. The molecule has 2 aliphatic rings. The first kappa shape index (κ1) is 19.6. The summed E-state index contributed by atoms with van der Waals surface area (Å²) in [5.74, 6) is -2.60. The summed E-state index contributed by atoms with van der Waals surface area (Å²) in [5, 5.41) is 13.6. The molecule has 0 spiro atoms. The fraction of sp³-hybridized carbons (Fsp3) is 0.647.